The number of benzene rings is 1. The number of anilines is 1. The maximum absolute atomic E-state index is 12.3. The lowest BCUT2D eigenvalue weighted by Crippen LogP contribution is -2.41. The van der Waals surface area contributed by atoms with Crippen molar-refractivity contribution in [2.75, 3.05) is 31.1 Å². The van der Waals surface area contributed by atoms with Gasteiger partial charge >= 0.3 is 6.09 Å². The normalized spacial score (nSPS) is 18.7. The molecule has 2 fully saturated rings. The van der Waals surface area contributed by atoms with Crippen LogP contribution < -0.4 is 4.90 Å². The van der Waals surface area contributed by atoms with Crippen molar-refractivity contribution in [2.45, 2.75) is 58.0 Å². The molecule has 0 bridgehead atoms. The number of aromatic nitrogens is 2. The van der Waals surface area contributed by atoms with Crippen LogP contribution in [0.25, 0.3) is 10.9 Å². The largest absolute Gasteiger partial charge is 0.444 e. The van der Waals surface area contributed by atoms with Gasteiger partial charge in [-0.15, -0.1) is 0 Å². The average molecular weight is 383 g/mol. The molecule has 0 aliphatic carbocycles. The first kappa shape index (κ1) is 19.0. The SMILES string of the molecule is CC(C)(C)OC(=O)N1CCC(c2ncnc3cc(N4CCCC4)ccc23)CC1. The van der Waals surface area contributed by atoms with Gasteiger partial charge < -0.3 is 14.5 Å². The summed E-state index contributed by atoms with van der Waals surface area (Å²) >= 11 is 0. The first-order chi connectivity index (χ1) is 13.4. The van der Waals surface area contributed by atoms with Crippen molar-refractivity contribution >= 4 is 22.7 Å². The molecule has 2 aliphatic heterocycles. The number of amides is 1. The lowest BCUT2D eigenvalue weighted by Gasteiger charge is -2.33. The summed E-state index contributed by atoms with van der Waals surface area (Å²) in [4.78, 5) is 25.7. The Balaban J connectivity index is 1.48. The first-order valence-electron chi connectivity index (χ1n) is 10.4. The molecule has 2 aliphatic rings. The van der Waals surface area contributed by atoms with Crippen LogP contribution in [0.15, 0.2) is 24.5 Å². The standard InChI is InChI=1S/C22H30N4O2/c1-22(2,3)28-21(27)26-12-8-16(9-13-26)20-18-7-6-17(25-10-4-5-11-25)14-19(18)23-15-24-20/h6-7,14-16H,4-5,8-13H2,1-3H3. The van der Waals surface area contributed by atoms with Crippen molar-refractivity contribution in [3.05, 3.63) is 30.2 Å². The number of carbonyl (C=O) groups excluding carboxylic acids is 1. The van der Waals surface area contributed by atoms with Gasteiger partial charge in [-0.2, -0.15) is 0 Å². The maximum Gasteiger partial charge on any atom is 0.410 e. The van der Waals surface area contributed by atoms with Crippen LogP contribution >= 0.6 is 0 Å². The van der Waals surface area contributed by atoms with E-state index in [1.807, 2.05) is 25.7 Å². The summed E-state index contributed by atoms with van der Waals surface area (Å²) in [5.41, 5.74) is 2.93. The topological polar surface area (TPSA) is 58.6 Å². The highest BCUT2D eigenvalue weighted by atomic mass is 16.6. The van der Waals surface area contributed by atoms with E-state index < -0.39 is 5.60 Å². The Bertz CT molecular complexity index is 847. The second-order valence-corrected chi connectivity index (χ2v) is 8.90. The molecule has 6 heteroatoms. The summed E-state index contributed by atoms with van der Waals surface area (Å²) in [5.74, 6) is 0.349. The Morgan fingerprint density at radius 3 is 2.46 bits per heavy atom. The third-order valence-corrected chi connectivity index (χ3v) is 5.66. The minimum atomic E-state index is -0.455. The zero-order valence-electron chi connectivity index (χ0n) is 17.1. The number of rotatable bonds is 2. The molecule has 0 radical (unpaired) electrons. The number of hydrogen-bond acceptors (Lipinski definition) is 5. The van der Waals surface area contributed by atoms with E-state index in [9.17, 15) is 4.79 Å². The Morgan fingerprint density at radius 2 is 1.79 bits per heavy atom. The molecule has 2 aromatic rings. The van der Waals surface area contributed by atoms with Crippen LogP contribution in [0.1, 0.15) is 58.1 Å². The number of ether oxygens (including phenoxy) is 1. The molecule has 150 valence electrons. The lowest BCUT2D eigenvalue weighted by atomic mass is 9.91. The van der Waals surface area contributed by atoms with E-state index in [0.29, 0.717) is 19.0 Å². The van der Waals surface area contributed by atoms with Gasteiger partial charge in [0.25, 0.3) is 0 Å². The van der Waals surface area contributed by atoms with E-state index in [-0.39, 0.29) is 6.09 Å². The van der Waals surface area contributed by atoms with Gasteiger partial charge in [0.2, 0.25) is 0 Å². The van der Waals surface area contributed by atoms with Crippen molar-refractivity contribution < 1.29 is 9.53 Å². The van der Waals surface area contributed by atoms with Crippen LogP contribution in [-0.4, -0.2) is 52.7 Å². The second-order valence-electron chi connectivity index (χ2n) is 8.90. The third-order valence-electron chi connectivity index (χ3n) is 5.66. The predicted octanol–water partition coefficient (Wildman–Crippen LogP) is 4.34. The van der Waals surface area contributed by atoms with E-state index >= 15 is 0 Å². The summed E-state index contributed by atoms with van der Waals surface area (Å²) in [7, 11) is 0. The van der Waals surface area contributed by atoms with Gasteiger partial charge in [-0.25, -0.2) is 14.8 Å². The molecule has 1 amide bonds. The minimum Gasteiger partial charge on any atom is -0.444 e. The van der Waals surface area contributed by atoms with Gasteiger partial charge in [0.15, 0.2) is 0 Å². The Hall–Kier alpha value is -2.37. The molecule has 0 spiro atoms. The highest BCUT2D eigenvalue weighted by Gasteiger charge is 2.29. The molecule has 0 N–H and O–H groups in total. The number of hydrogen-bond donors (Lipinski definition) is 0. The van der Waals surface area contributed by atoms with Gasteiger partial charge in [0.1, 0.15) is 11.9 Å². The fourth-order valence-corrected chi connectivity index (χ4v) is 4.23. The van der Waals surface area contributed by atoms with Gasteiger partial charge in [0, 0.05) is 43.2 Å². The third kappa shape index (κ3) is 4.05. The molecule has 3 heterocycles. The zero-order chi connectivity index (χ0) is 19.7. The molecule has 4 rings (SSSR count). The van der Waals surface area contributed by atoms with E-state index in [4.69, 9.17) is 4.74 Å². The summed E-state index contributed by atoms with van der Waals surface area (Å²) in [6, 6.07) is 6.58. The molecule has 1 aromatic heterocycles. The van der Waals surface area contributed by atoms with Crippen molar-refractivity contribution in [2.24, 2.45) is 0 Å². The van der Waals surface area contributed by atoms with Gasteiger partial charge in [0.05, 0.1) is 11.2 Å². The Kier molecular flexibility index (Phi) is 5.13. The van der Waals surface area contributed by atoms with Crippen LogP contribution in [0.5, 0.6) is 0 Å². The lowest BCUT2D eigenvalue weighted by molar-refractivity contribution is 0.0204. The molecule has 28 heavy (non-hydrogen) atoms. The fourth-order valence-electron chi connectivity index (χ4n) is 4.23. The van der Waals surface area contributed by atoms with Gasteiger partial charge in [-0.3, -0.25) is 0 Å². The maximum atomic E-state index is 12.3. The summed E-state index contributed by atoms with van der Waals surface area (Å²) in [5, 5.41) is 1.14. The second kappa shape index (κ2) is 7.57. The van der Waals surface area contributed by atoms with E-state index in [2.05, 4.69) is 33.1 Å². The van der Waals surface area contributed by atoms with Crippen LogP contribution in [0, 0.1) is 0 Å². The Morgan fingerprint density at radius 1 is 1.07 bits per heavy atom. The molecule has 0 atom stereocenters. The average Bonchev–Trinajstić information content (AvgIpc) is 3.21. The summed E-state index contributed by atoms with van der Waals surface area (Å²) in [6.45, 7) is 9.39. The number of nitrogens with zero attached hydrogens (tertiary/aromatic N) is 4. The van der Waals surface area contributed by atoms with Crippen LogP contribution in [-0.2, 0) is 4.74 Å². The van der Waals surface area contributed by atoms with E-state index in [1.165, 1.54) is 18.5 Å². The molecular formula is C22H30N4O2. The van der Waals surface area contributed by atoms with Crippen LogP contribution in [0.2, 0.25) is 0 Å². The molecule has 1 aromatic carbocycles. The number of likely N-dealkylation sites (tertiary alicyclic amines) is 1. The van der Waals surface area contributed by atoms with E-state index in [1.54, 1.807) is 6.33 Å². The van der Waals surface area contributed by atoms with Gasteiger partial charge in [-0.05, 0) is 64.7 Å². The Labute approximate surface area is 166 Å². The monoisotopic (exact) mass is 382 g/mol. The van der Waals surface area contributed by atoms with Crippen LogP contribution in [0.3, 0.4) is 0 Å². The van der Waals surface area contributed by atoms with E-state index in [0.717, 1.165) is 42.5 Å². The summed E-state index contributed by atoms with van der Waals surface area (Å²) < 4.78 is 5.51. The van der Waals surface area contributed by atoms with Gasteiger partial charge in [-0.1, -0.05) is 0 Å². The number of carbonyl (C=O) groups is 1. The predicted molar refractivity (Wildman–Crippen MR) is 111 cm³/mol. The summed E-state index contributed by atoms with van der Waals surface area (Å²) in [6.07, 6.45) is 5.81. The van der Waals surface area contributed by atoms with Crippen molar-refractivity contribution in [3.63, 3.8) is 0 Å². The fraction of sp³-hybridized carbons (Fsp3) is 0.591. The quantitative estimate of drug-likeness (QED) is 0.773. The molecule has 2 saturated heterocycles. The van der Waals surface area contributed by atoms with Crippen molar-refractivity contribution in [1.29, 1.82) is 0 Å². The van der Waals surface area contributed by atoms with Crippen LogP contribution in [0.4, 0.5) is 10.5 Å². The highest BCUT2D eigenvalue weighted by molar-refractivity contribution is 5.84. The smallest absolute Gasteiger partial charge is 0.410 e. The van der Waals surface area contributed by atoms with Crippen molar-refractivity contribution in [3.8, 4) is 0 Å². The van der Waals surface area contributed by atoms with Crippen molar-refractivity contribution in [1.82, 2.24) is 14.9 Å². The minimum absolute atomic E-state index is 0.214. The molecular weight excluding hydrogens is 352 g/mol. The highest BCUT2D eigenvalue weighted by Crippen LogP contribution is 2.33. The zero-order valence-corrected chi connectivity index (χ0v) is 17.1. The number of fused-ring (bicyclic) bond motifs is 1. The molecule has 0 saturated carbocycles. The first-order valence-corrected chi connectivity index (χ1v) is 10.4. The molecule has 6 nitrogen and oxygen atoms in total. The molecule has 0 unspecified atom stereocenters. The number of piperidine rings is 1.